The molecule has 4 aromatic carbocycles. The number of phenolic OH excluding ortho intramolecular Hbond substituents is 1. The van der Waals surface area contributed by atoms with Crippen molar-refractivity contribution in [3.05, 3.63) is 59.2 Å². The number of phenols is 1. The van der Waals surface area contributed by atoms with E-state index in [9.17, 15) is 9.90 Å². The van der Waals surface area contributed by atoms with E-state index in [-0.39, 0.29) is 25.0 Å². The molecular weight excluding hydrogens is 544 g/mol. The van der Waals surface area contributed by atoms with E-state index in [4.69, 9.17) is 33.2 Å². The van der Waals surface area contributed by atoms with Crippen LogP contribution in [0.3, 0.4) is 0 Å². The lowest BCUT2D eigenvalue weighted by Crippen LogP contribution is -2.18. The predicted molar refractivity (Wildman–Crippen MR) is 154 cm³/mol. The fourth-order valence-electron chi connectivity index (χ4n) is 5.35. The van der Waals surface area contributed by atoms with Crippen molar-refractivity contribution in [3.8, 4) is 57.1 Å². The quantitative estimate of drug-likeness (QED) is 0.292. The van der Waals surface area contributed by atoms with Gasteiger partial charge in [0.25, 0.3) is 5.91 Å². The van der Waals surface area contributed by atoms with Crippen LogP contribution in [0.2, 0.25) is 0 Å². The fourth-order valence-corrected chi connectivity index (χ4v) is 5.35. The van der Waals surface area contributed by atoms with Crippen LogP contribution in [-0.4, -0.2) is 64.6 Å². The van der Waals surface area contributed by atoms with Gasteiger partial charge in [-0.05, 0) is 47.3 Å². The third-order valence-electron chi connectivity index (χ3n) is 7.34. The first kappa shape index (κ1) is 26.9. The summed E-state index contributed by atoms with van der Waals surface area (Å²) in [7, 11) is 7.62. The van der Waals surface area contributed by atoms with E-state index in [0.29, 0.717) is 78.8 Å². The van der Waals surface area contributed by atoms with E-state index in [0.717, 1.165) is 0 Å². The summed E-state index contributed by atoms with van der Waals surface area (Å²) >= 11 is 0. The van der Waals surface area contributed by atoms with Crippen LogP contribution < -0.4 is 33.2 Å². The molecule has 0 radical (unpaired) electrons. The van der Waals surface area contributed by atoms with Gasteiger partial charge >= 0.3 is 0 Å². The number of hydrogen-bond acceptors (Lipinski definition) is 10. The Labute approximate surface area is 241 Å². The molecule has 0 aliphatic carbocycles. The molecule has 2 heterocycles. The Morgan fingerprint density at radius 3 is 2.07 bits per heavy atom. The zero-order valence-electron chi connectivity index (χ0n) is 23.6. The highest BCUT2D eigenvalue weighted by molar-refractivity contribution is 6.15. The normalized spacial score (nSPS) is 13.5. The van der Waals surface area contributed by atoms with Gasteiger partial charge in [-0.25, -0.2) is 5.01 Å². The molecule has 2 aliphatic rings. The lowest BCUT2D eigenvalue weighted by Gasteiger charge is -2.17. The molecule has 4 aromatic rings. The van der Waals surface area contributed by atoms with Crippen LogP contribution in [0, 0.1) is 0 Å². The van der Waals surface area contributed by atoms with Crippen molar-refractivity contribution in [2.24, 2.45) is 5.10 Å². The Morgan fingerprint density at radius 1 is 0.786 bits per heavy atom. The van der Waals surface area contributed by atoms with Gasteiger partial charge in [-0.3, -0.25) is 4.79 Å². The molecular formula is C31H28N2O9. The molecule has 1 amide bonds. The molecule has 0 bridgehead atoms. The Kier molecular flexibility index (Phi) is 6.77. The first-order valence-corrected chi connectivity index (χ1v) is 12.9. The fraction of sp³-hybridized carbons (Fsp3) is 0.226. The Morgan fingerprint density at radius 2 is 1.43 bits per heavy atom. The van der Waals surface area contributed by atoms with Gasteiger partial charge < -0.3 is 38.3 Å². The van der Waals surface area contributed by atoms with Gasteiger partial charge in [-0.2, -0.15) is 5.10 Å². The first-order valence-electron chi connectivity index (χ1n) is 12.9. The number of aromatic hydroxyl groups is 1. The molecule has 11 nitrogen and oxygen atoms in total. The Hall–Kier alpha value is -5.32. The summed E-state index contributed by atoms with van der Waals surface area (Å²) in [6.45, 7) is 0.156. The summed E-state index contributed by atoms with van der Waals surface area (Å²) in [4.78, 5) is 14.0. The van der Waals surface area contributed by atoms with E-state index in [2.05, 4.69) is 5.10 Å². The van der Waals surface area contributed by atoms with Crippen molar-refractivity contribution in [2.45, 2.75) is 6.54 Å². The van der Waals surface area contributed by atoms with E-state index >= 15 is 0 Å². The molecule has 0 spiro atoms. The zero-order valence-corrected chi connectivity index (χ0v) is 23.6. The molecule has 0 saturated carbocycles. The molecule has 1 N–H and O–H groups in total. The molecule has 11 heteroatoms. The number of benzene rings is 4. The summed E-state index contributed by atoms with van der Waals surface area (Å²) in [5, 5.41) is 18.4. The number of hydrazone groups is 1. The third-order valence-corrected chi connectivity index (χ3v) is 7.34. The second kappa shape index (κ2) is 10.6. The van der Waals surface area contributed by atoms with Crippen LogP contribution >= 0.6 is 0 Å². The van der Waals surface area contributed by atoms with Crippen LogP contribution in [-0.2, 0) is 6.54 Å². The average molecular weight is 573 g/mol. The second-order valence-corrected chi connectivity index (χ2v) is 9.46. The maximum atomic E-state index is 14.0. The molecule has 0 atom stereocenters. The number of methoxy groups -OCH3 is 5. The molecule has 216 valence electrons. The van der Waals surface area contributed by atoms with Crippen LogP contribution in [0.25, 0.3) is 21.9 Å². The van der Waals surface area contributed by atoms with Crippen molar-refractivity contribution in [1.82, 2.24) is 5.01 Å². The lowest BCUT2D eigenvalue weighted by molar-refractivity contribution is 0.0785. The van der Waals surface area contributed by atoms with Gasteiger partial charge in [0.15, 0.2) is 34.5 Å². The lowest BCUT2D eigenvalue weighted by atomic mass is 9.89. The molecule has 6 rings (SSSR count). The molecule has 0 fully saturated rings. The summed E-state index contributed by atoms with van der Waals surface area (Å²) in [5.41, 5.74) is 2.69. The van der Waals surface area contributed by atoms with Crippen LogP contribution in [0.1, 0.15) is 21.5 Å². The van der Waals surface area contributed by atoms with E-state index < -0.39 is 0 Å². The SMILES string of the molecule is COc1cc2c(O)c3c(c(-c4ccc5c(c4)OCO5)c2cc1OC)C(=O)N(/N=C/c1cc(OC)c(OC)c(OC)c1)C3. The van der Waals surface area contributed by atoms with Gasteiger partial charge in [0, 0.05) is 22.1 Å². The van der Waals surface area contributed by atoms with Crippen molar-refractivity contribution in [1.29, 1.82) is 0 Å². The largest absolute Gasteiger partial charge is 0.507 e. The maximum absolute atomic E-state index is 14.0. The predicted octanol–water partition coefficient (Wildman–Crippen LogP) is 4.97. The first-order chi connectivity index (χ1) is 20.4. The van der Waals surface area contributed by atoms with E-state index in [1.165, 1.54) is 46.8 Å². The van der Waals surface area contributed by atoms with Crippen LogP contribution in [0.4, 0.5) is 0 Å². The summed E-state index contributed by atoms with van der Waals surface area (Å²) in [5.74, 6) is 2.99. The molecule has 0 unspecified atom stereocenters. The Balaban J connectivity index is 1.50. The van der Waals surface area contributed by atoms with Gasteiger partial charge in [0.2, 0.25) is 12.5 Å². The number of fused-ring (bicyclic) bond motifs is 3. The van der Waals surface area contributed by atoms with Gasteiger partial charge in [0.1, 0.15) is 5.75 Å². The van der Waals surface area contributed by atoms with Crippen LogP contribution in [0.15, 0.2) is 47.6 Å². The second-order valence-electron chi connectivity index (χ2n) is 9.46. The van der Waals surface area contributed by atoms with Crippen LogP contribution in [0.5, 0.6) is 46.0 Å². The standard InChI is InChI=1S/C31H28N2O9/c1-36-22-11-18-19(12-23(22)37-2)29(34)20-14-33(32-13-16-8-25(38-3)30(40-5)26(9-16)39-4)31(35)28(20)27(18)17-6-7-21-24(10-17)42-15-41-21/h6-13,34H,14-15H2,1-5H3/b32-13+. The number of ether oxygens (including phenoxy) is 7. The zero-order chi connectivity index (χ0) is 29.5. The molecule has 42 heavy (non-hydrogen) atoms. The highest BCUT2D eigenvalue weighted by Gasteiger charge is 2.36. The van der Waals surface area contributed by atoms with Crippen molar-refractivity contribution in [2.75, 3.05) is 42.3 Å². The summed E-state index contributed by atoms with van der Waals surface area (Å²) in [6.07, 6.45) is 1.53. The number of rotatable bonds is 8. The number of carbonyl (C=O) groups is 1. The molecule has 0 aromatic heterocycles. The maximum Gasteiger partial charge on any atom is 0.275 e. The third kappa shape index (κ3) is 4.21. The molecule has 2 aliphatic heterocycles. The van der Waals surface area contributed by atoms with Crippen molar-refractivity contribution >= 4 is 22.9 Å². The highest BCUT2D eigenvalue weighted by atomic mass is 16.7. The minimum Gasteiger partial charge on any atom is -0.507 e. The number of nitrogens with zero attached hydrogens (tertiary/aromatic N) is 2. The minimum atomic E-state index is -0.381. The number of amides is 1. The van der Waals surface area contributed by atoms with Gasteiger partial charge in [-0.15, -0.1) is 0 Å². The topological polar surface area (TPSA) is 118 Å². The van der Waals surface area contributed by atoms with Gasteiger partial charge in [-0.1, -0.05) is 6.07 Å². The minimum absolute atomic E-state index is 0.0377. The van der Waals surface area contributed by atoms with E-state index in [1.54, 1.807) is 30.3 Å². The average Bonchev–Trinajstić information content (AvgIpc) is 3.63. The smallest absolute Gasteiger partial charge is 0.275 e. The summed E-state index contributed by atoms with van der Waals surface area (Å²) < 4.78 is 38.5. The summed E-state index contributed by atoms with van der Waals surface area (Å²) in [6, 6.07) is 12.4. The highest BCUT2D eigenvalue weighted by Crippen LogP contribution is 2.49. The molecule has 0 saturated heterocycles. The van der Waals surface area contributed by atoms with Gasteiger partial charge in [0.05, 0.1) is 53.9 Å². The number of hydrogen-bond donors (Lipinski definition) is 1. The van der Waals surface area contributed by atoms with Crippen molar-refractivity contribution < 1.29 is 43.1 Å². The monoisotopic (exact) mass is 572 g/mol. The van der Waals surface area contributed by atoms with E-state index in [1.807, 2.05) is 12.1 Å². The van der Waals surface area contributed by atoms with Crippen molar-refractivity contribution in [3.63, 3.8) is 0 Å². The number of carbonyl (C=O) groups excluding carboxylic acids is 1. The Bertz CT molecular complexity index is 1740.